The van der Waals surface area contributed by atoms with Gasteiger partial charge in [0.15, 0.2) is 11.5 Å². The number of methoxy groups -OCH3 is 2. The van der Waals surface area contributed by atoms with Gasteiger partial charge in [-0.1, -0.05) is 0 Å². The van der Waals surface area contributed by atoms with E-state index in [0.717, 1.165) is 11.1 Å². The van der Waals surface area contributed by atoms with E-state index in [2.05, 4.69) is 10.2 Å². The Labute approximate surface area is 151 Å². The second-order valence-corrected chi connectivity index (χ2v) is 5.52. The van der Waals surface area contributed by atoms with Crippen LogP contribution in [0, 0.1) is 0 Å². The van der Waals surface area contributed by atoms with Crippen molar-refractivity contribution in [3.8, 4) is 28.7 Å². The minimum atomic E-state index is -0.292. The first kappa shape index (κ1) is 19.1. The Hall–Kier alpha value is -3.22. The third kappa shape index (κ3) is 4.44. The van der Waals surface area contributed by atoms with Crippen LogP contribution in [0.3, 0.4) is 0 Å². The smallest absolute Gasteiger partial charge is 0.200 e. The Balaban J connectivity index is 2.29. The first-order valence-corrected chi connectivity index (χ1v) is 7.94. The molecule has 0 saturated carbocycles. The molecule has 0 unspecified atom stereocenters. The van der Waals surface area contributed by atoms with Gasteiger partial charge in [0.25, 0.3) is 0 Å². The molecular weight excluding hydrogens is 336 g/mol. The fraction of sp³-hybridized carbons (Fsp3) is 0.263. The number of hydrogen-bond donors (Lipinski definition) is 3. The summed E-state index contributed by atoms with van der Waals surface area (Å²) in [6, 6.07) is 8.16. The average molecular weight is 358 g/mol. The maximum Gasteiger partial charge on any atom is 0.200 e. The van der Waals surface area contributed by atoms with Gasteiger partial charge in [0.05, 0.1) is 20.4 Å². The molecule has 0 heterocycles. The highest BCUT2D eigenvalue weighted by molar-refractivity contribution is 5.71. The molecule has 0 amide bonds. The Bertz CT molecular complexity index is 831. The predicted molar refractivity (Wildman–Crippen MR) is 98.1 cm³/mol. The minimum Gasteiger partial charge on any atom is -0.507 e. The number of ether oxygens (including phenoxy) is 2. The molecule has 0 aliphatic heterocycles. The largest absolute Gasteiger partial charge is 0.507 e. The average Bonchev–Trinajstić information content (AvgIpc) is 2.64. The molecule has 138 valence electrons. The van der Waals surface area contributed by atoms with Gasteiger partial charge >= 0.3 is 0 Å². The van der Waals surface area contributed by atoms with Crippen molar-refractivity contribution in [2.45, 2.75) is 12.8 Å². The van der Waals surface area contributed by atoms with E-state index in [0.29, 0.717) is 24.2 Å². The van der Waals surface area contributed by atoms with Crippen LogP contribution < -0.4 is 9.47 Å². The highest BCUT2D eigenvalue weighted by atomic mass is 16.5. The molecule has 3 N–H and O–H groups in total. The normalized spacial score (nSPS) is 11.7. The van der Waals surface area contributed by atoms with Gasteiger partial charge in [0, 0.05) is 18.7 Å². The van der Waals surface area contributed by atoms with E-state index in [9.17, 15) is 15.3 Å². The number of aromatic hydroxyl groups is 3. The summed E-state index contributed by atoms with van der Waals surface area (Å²) in [4.78, 5) is 0. The van der Waals surface area contributed by atoms with E-state index in [-0.39, 0.29) is 23.0 Å². The molecule has 0 bridgehead atoms. The number of azo groups is 1. The third-order valence-electron chi connectivity index (χ3n) is 3.90. The zero-order valence-corrected chi connectivity index (χ0v) is 14.9. The molecule has 0 atom stereocenters. The summed E-state index contributed by atoms with van der Waals surface area (Å²) in [5.41, 5.74) is 2.15. The van der Waals surface area contributed by atoms with Gasteiger partial charge < -0.3 is 24.8 Å². The number of aryl methyl sites for hydroxylation is 1. The van der Waals surface area contributed by atoms with Crippen molar-refractivity contribution >= 4 is 5.57 Å². The molecule has 0 radical (unpaired) electrons. The van der Waals surface area contributed by atoms with Gasteiger partial charge in [-0.05, 0) is 48.2 Å². The molecule has 2 aromatic carbocycles. The summed E-state index contributed by atoms with van der Waals surface area (Å²) >= 11 is 0. The topological polar surface area (TPSA) is 104 Å². The Morgan fingerprint density at radius 1 is 1.04 bits per heavy atom. The van der Waals surface area contributed by atoms with E-state index in [1.165, 1.54) is 26.4 Å². The van der Waals surface area contributed by atoms with Crippen LogP contribution >= 0.6 is 0 Å². The number of phenols is 3. The molecule has 0 aliphatic rings. The van der Waals surface area contributed by atoms with Crippen molar-refractivity contribution < 1.29 is 24.8 Å². The summed E-state index contributed by atoms with van der Waals surface area (Å²) in [7, 11) is 4.51. The lowest BCUT2D eigenvalue weighted by Crippen LogP contribution is -1.93. The van der Waals surface area contributed by atoms with Crippen LogP contribution in [0.2, 0.25) is 0 Å². The first-order valence-electron chi connectivity index (χ1n) is 7.94. The highest BCUT2D eigenvalue weighted by Gasteiger charge is 2.13. The Kier molecular flexibility index (Phi) is 6.43. The van der Waals surface area contributed by atoms with Crippen LogP contribution in [0.5, 0.6) is 28.7 Å². The second-order valence-electron chi connectivity index (χ2n) is 5.52. The van der Waals surface area contributed by atoms with Gasteiger partial charge in [-0.15, -0.1) is 0 Å². The fourth-order valence-electron chi connectivity index (χ4n) is 2.53. The fourth-order valence-corrected chi connectivity index (χ4v) is 2.53. The van der Waals surface area contributed by atoms with Crippen LogP contribution in [0.4, 0.5) is 0 Å². The van der Waals surface area contributed by atoms with E-state index >= 15 is 0 Å². The number of rotatable bonds is 7. The van der Waals surface area contributed by atoms with E-state index < -0.39 is 0 Å². The molecular formula is C19H22N2O5. The first-order chi connectivity index (χ1) is 12.5. The summed E-state index contributed by atoms with van der Waals surface area (Å²) in [6.45, 7) is 0. The van der Waals surface area contributed by atoms with Gasteiger partial charge in [-0.25, -0.2) is 0 Å². The molecule has 2 aromatic rings. The molecule has 0 aromatic heterocycles. The zero-order valence-electron chi connectivity index (χ0n) is 14.9. The summed E-state index contributed by atoms with van der Waals surface area (Å²) in [5, 5.41) is 37.4. The Morgan fingerprint density at radius 3 is 2.42 bits per heavy atom. The van der Waals surface area contributed by atoms with Crippen LogP contribution in [0.25, 0.3) is 5.57 Å². The molecule has 26 heavy (non-hydrogen) atoms. The SMILES string of the molecule is CN=N/C=C(\CCc1cc(O)c(O)c(OC)c1)c1ccc(OC)cc1O. The lowest BCUT2D eigenvalue weighted by molar-refractivity contribution is 0.350. The van der Waals surface area contributed by atoms with Crippen molar-refractivity contribution in [2.75, 3.05) is 21.3 Å². The maximum absolute atomic E-state index is 10.3. The molecule has 0 spiro atoms. The van der Waals surface area contributed by atoms with Crippen molar-refractivity contribution in [3.05, 3.63) is 47.7 Å². The second kappa shape index (κ2) is 8.75. The molecule has 7 nitrogen and oxygen atoms in total. The molecule has 0 fully saturated rings. The number of nitrogens with zero attached hydrogens (tertiary/aromatic N) is 2. The molecule has 2 rings (SSSR count). The predicted octanol–water partition coefficient (Wildman–Crippen LogP) is 3.88. The standard InChI is InChI=1S/C19H22N2O5/c1-20-21-11-13(15-7-6-14(25-2)10-16(15)22)5-4-12-8-17(23)19(24)18(9-12)26-3/h6-11,22-24H,4-5H2,1-3H3/b13-11+,21-20?. The number of benzene rings is 2. The van der Waals surface area contributed by atoms with E-state index in [4.69, 9.17) is 9.47 Å². The van der Waals surface area contributed by atoms with Gasteiger partial charge in [-0.2, -0.15) is 10.2 Å². The third-order valence-corrected chi connectivity index (χ3v) is 3.90. The van der Waals surface area contributed by atoms with Crippen molar-refractivity contribution in [1.29, 1.82) is 0 Å². The Morgan fingerprint density at radius 2 is 1.81 bits per heavy atom. The van der Waals surface area contributed by atoms with Crippen molar-refractivity contribution in [3.63, 3.8) is 0 Å². The van der Waals surface area contributed by atoms with Gasteiger partial charge in [-0.3, -0.25) is 0 Å². The van der Waals surface area contributed by atoms with Gasteiger partial charge in [0.1, 0.15) is 11.5 Å². The molecule has 7 heteroatoms. The van der Waals surface area contributed by atoms with E-state index in [1.807, 2.05) is 0 Å². The quantitative estimate of drug-likeness (QED) is 0.515. The minimum absolute atomic E-state index is 0.0769. The number of phenolic OH excluding ortho intramolecular Hbond substituents is 3. The van der Waals surface area contributed by atoms with E-state index in [1.54, 1.807) is 31.4 Å². The van der Waals surface area contributed by atoms with Crippen molar-refractivity contribution in [1.82, 2.24) is 0 Å². The van der Waals surface area contributed by atoms with Crippen molar-refractivity contribution in [2.24, 2.45) is 10.2 Å². The van der Waals surface area contributed by atoms with Crippen LogP contribution in [0.1, 0.15) is 17.5 Å². The van der Waals surface area contributed by atoms with Crippen LogP contribution in [-0.2, 0) is 6.42 Å². The molecule has 0 saturated heterocycles. The van der Waals surface area contributed by atoms with Crippen LogP contribution in [-0.4, -0.2) is 36.6 Å². The molecule has 0 aliphatic carbocycles. The summed E-state index contributed by atoms with van der Waals surface area (Å²) < 4.78 is 10.2. The van der Waals surface area contributed by atoms with Gasteiger partial charge in [0.2, 0.25) is 5.75 Å². The number of allylic oxidation sites excluding steroid dienone is 1. The number of hydrogen-bond acceptors (Lipinski definition) is 7. The van der Waals surface area contributed by atoms with Crippen LogP contribution in [0.15, 0.2) is 46.8 Å². The lowest BCUT2D eigenvalue weighted by atomic mass is 9.98. The highest BCUT2D eigenvalue weighted by Crippen LogP contribution is 2.37. The maximum atomic E-state index is 10.3. The monoisotopic (exact) mass is 358 g/mol. The summed E-state index contributed by atoms with van der Waals surface area (Å²) in [5.74, 6) is 0.292. The lowest BCUT2D eigenvalue weighted by Gasteiger charge is -2.12. The summed E-state index contributed by atoms with van der Waals surface area (Å²) in [6.07, 6.45) is 2.63. The zero-order chi connectivity index (χ0) is 19.1.